The Morgan fingerprint density at radius 3 is 2.37 bits per heavy atom. The summed E-state index contributed by atoms with van der Waals surface area (Å²) in [6.45, 7) is 2.93. The predicted molar refractivity (Wildman–Crippen MR) is 72.7 cm³/mol. The van der Waals surface area contributed by atoms with Gasteiger partial charge in [-0.1, -0.05) is 32.6 Å². The highest BCUT2D eigenvalue weighted by Crippen LogP contribution is 2.36. The molecule has 0 bridgehead atoms. The Morgan fingerprint density at radius 1 is 1.11 bits per heavy atom. The van der Waals surface area contributed by atoms with Crippen molar-refractivity contribution in [2.24, 2.45) is 17.3 Å². The van der Waals surface area contributed by atoms with Gasteiger partial charge in [0.25, 0.3) is 0 Å². The summed E-state index contributed by atoms with van der Waals surface area (Å²) in [5.41, 5.74) is 0.214. The first-order valence-corrected chi connectivity index (χ1v) is 7.52. The SMILES string of the molecule is CC1(CNC(=O)C2CCCC2C(=O)O)CCCCC1. The maximum Gasteiger partial charge on any atom is 0.307 e. The van der Waals surface area contributed by atoms with Gasteiger partial charge in [-0.05, 0) is 31.1 Å². The summed E-state index contributed by atoms with van der Waals surface area (Å²) >= 11 is 0. The summed E-state index contributed by atoms with van der Waals surface area (Å²) in [4.78, 5) is 23.3. The minimum Gasteiger partial charge on any atom is -0.481 e. The Bertz CT molecular complexity index is 347. The average molecular weight is 267 g/mol. The molecule has 2 rings (SSSR count). The number of aliphatic carboxylic acids is 1. The number of hydrogen-bond acceptors (Lipinski definition) is 2. The van der Waals surface area contributed by atoms with E-state index in [1.165, 1.54) is 32.1 Å². The Morgan fingerprint density at radius 2 is 1.74 bits per heavy atom. The molecule has 2 unspecified atom stereocenters. The zero-order valence-electron chi connectivity index (χ0n) is 11.8. The number of carboxylic acid groups (broad SMARTS) is 1. The summed E-state index contributed by atoms with van der Waals surface area (Å²) in [6.07, 6.45) is 8.34. The van der Waals surface area contributed by atoms with Crippen molar-refractivity contribution in [2.75, 3.05) is 6.54 Å². The van der Waals surface area contributed by atoms with Gasteiger partial charge in [0, 0.05) is 6.54 Å². The number of rotatable bonds is 4. The molecule has 0 aliphatic heterocycles. The molecule has 2 saturated carbocycles. The van der Waals surface area contributed by atoms with E-state index in [0.29, 0.717) is 13.0 Å². The lowest BCUT2D eigenvalue weighted by molar-refractivity contribution is -0.146. The van der Waals surface area contributed by atoms with Crippen molar-refractivity contribution in [2.45, 2.75) is 58.3 Å². The molecule has 0 aromatic carbocycles. The molecule has 108 valence electrons. The molecule has 0 spiro atoms. The lowest BCUT2D eigenvalue weighted by atomic mass is 9.75. The summed E-state index contributed by atoms with van der Waals surface area (Å²) in [5.74, 6) is -1.65. The van der Waals surface area contributed by atoms with Gasteiger partial charge < -0.3 is 10.4 Å². The molecule has 2 fully saturated rings. The lowest BCUT2D eigenvalue weighted by Gasteiger charge is -2.34. The molecule has 2 aliphatic rings. The molecule has 0 heterocycles. The zero-order chi connectivity index (χ0) is 13.9. The average Bonchev–Trinajstić information content (AvgIpc) is 2.86. The van der Waals surface area contributed by atoms with Crippen LogP contribution in [0.4, 0.5) is 0 Å². The van der Waals surface area contributed by atoms with E-state index in [1.807, 2.05) is 0 Å². The van der Waals surface area contributed by atoms with E-state index in [9.17, 15) is 9.59 Å². The maximum atomic E-state index is 12.2. The van der Waals surface area contributed by atoms with Gasteiger partial charge >= 0.3 is 5.97 Å². The molecule has 2 N–H and O–H groups in total. The van der Waals surface area contributed by atoms with Crippen molar-refractivity contribution in [3.8, 4) is 0 Å². The van der Waals surface area contributed by atoms with Crippen LogP contribution in [0.5, 0.6) is 0 Å². The first kappa shape index (κ1) is 14.4. The second kappa shape index (κ2) is 5.93. The lowest BCUT2D eigenvalue weighted by Crippen LogP contribution is -2.41. The number of nitrogens with one attached hydrogen (secondary N) is 1. The van der Waals surface area contributed by atoms with Crippen LogP contribution in [0, 0.1) is 17.3 Å². The Hall–Kier alpha value is -1.06. The smallest absolute Gasteiger partial charge is 0.307 e. The largest absolute Gasteiger partial charge is 0.481 e. The second-order valence-electron chi connectivity index (χ2n) is 6.57. The molecular weight excluding hydrogens is 242 g/mol. The summed E-state index contributed by atoms with van der Waals surface area (Å²) in [7, 11) is 0. The molecule has 4 heteroatoms. The summed E-state index contributed by atoms with van der Waals surface area (Å²) in [6, 6.07) is 0. The van der Waals surface area contributed by atoms with Crippen LogP contribution >= 0.6 is 0 Å². The number of carboxylic acids is 1. The third-order valence-corrected chi connectivity index (χ3v) is 4.92. The molecule has 19 heavy (non-hydrogen) atoms. The van der Waals surface area contributed by atoms with Gasteiger partial charge in [-0.15, -0.1) is 0 Å². The molecule has 0 aromatic rings. The van der Waals surface area contributed by atoms with Gasteiger partial charge in [-0.3, -0.25) is 9.59 Å². The van der Waals surface area contributed by atoms with E-state index >= 15 is 0 Å². The van der Waals surface area contributed by atoms with Gasteiger partial charge in [0.2, 0.25) is 5.91 Å². The number of carbonyl (C=O) groups is 2. The minimum atomic E-state index is -0.818. The number of amides is 1. The van der Waals surface area contributed by atoms with E-state index < -0.39 is 11.9 Å². The second-order valence-corrected chi connectivity index (χ2v) is 6.57. The fraction of sp³-hybridized carbons (Fsp3) is 0.867. The Labute approximate surface area is 115 Å². The van der Waals surface area contributed by atoms with E-state index in [2.05, 4.69) is 12.2 Å². The predicted octanol–water partition coefficient (Wildman–Crippen LogP) is 2.57. The fourth-order valence-electron chi connectivity index (χ4n) is 3.58. The first-order valence-electron chi connectivity index (χ1n) is 7.52. The van der Waals surface area contributed by atoms with Crippen LogP contribution in [-0.2, 0) is 9.59 Å². The molecule has 0 radical (unpaired) electrons. The van der Waals surface area contributed by atoms with Crippen molar-refractivity contribution in [1.29, 1.82) is 0 Å². The monoisotopic (exact) mass is 267 g/mol. The molecule has 2 atom stereocenters. The third kappa shape index (κ3) is 3.48. The van der Waals surface area contributed by atoms with Crippen LogP contribution in [0.2, 0.25) is 0 Å². The van der Waals surface area contributed by atoms with E-state index in [0.717, 1.165) is 12.8 Å². The van der Waals surface area contributed by atoms with Crippen molar-refractivity contribution < 1.29 is 14.7 Å². The number of carbonyl (C=O) groups excluding carboxylic acids is 1. The van der Waals surface area contributed by atoms with Crippen molar-refractivity contribution in [3.05, 3.63) is 0 Å². The molecular formula is C15H25NO3. The van der Waals surface area contributed by atoms with Crippen LogP contribution < -0.4 is 5.32 Å². The zero-order valence-corrected chi connectivity index (χ0v) is 11.8. The van der Waals surface area contributed by atoms with Crippen LogP contribution in [0.3, 0.4) is 0 Å². The van der Waals surface area contributed by atoms with Crippen molar-refractivity contribution in [1.82, 2.24) is 5.32 Å². The van der Waals surface area contributed by atoms with E-state index in [1.54, 1.807) is 0 Å². The topological polar surface area (TPSA) is 66.4 Å². The Balaban J connectivity index is 1.85. The molecule has 2 aliphatic carbocycles. The van der Waals surface area contributed by atoms with Gasteiger partial charge in [0.15, 0.2) is 0 Å². The molecule has 0 aromatic heterocycles. The Kier molecular flexibility index (Phi) is 4.48. The fourth-order valence-corrected chi connectivity index (χ4v) is 3.58. The van der Waals surface area contributed by atoms with Gasteiger partial charge in [0.1, 0.15) is 0 Å². The summed E-state index contributed by atoms with van der Waals surface area (Å²) < 4.78 is 0. The van der Waals surface area contributed by atoms with Gasteiger partial charge in [-0.25, -0.2) is 0 Å². The number of hydrogen-bond donors (Lipinski definition) is 2. The van der Waals surface area contributed by atoms with Gasteiger partial charge in [0.05, 0.1) is 11.8 Å². The van der Waals surface area contributed by atoms with Crippen LogP contribution in [0.1, 0.15) is 58.3 Å². The third-order valence-electron chi connectivity index (χ3n) is 4.92. The molecule has 0 saturated heterocycles. The van der Waals surface area contributed by atoms with Crippen LogP contribution in [0.15, 0.2) is 0 Å². The standard InChI is InChI=1S/C15H25NO3/c1-15(8-3-2-4-9-15)10-16-13(17)11-6-5-7-12(11)14(18)19/h11-12H,2-10H2,1H3,(H,16,17)(H,18,19). The van der Waals surface area contributed by atoms with Crippen LogP contribution in [-0.4, -0.2) is 23.5 Å². The van der Waals surface area contributed by atoms with Crippen LogP contribution in [0.25, 0.3) is 0 Å². The van der Waals surface area contributed by atoms with E-state index in [4.69, 9.17) is 5.11 Å². The highest BCUT2D eigenvalue weighted by molar-refractivity contribution is 5.85. The molecule has 1 amide bonds. The highest BCUT2D eigenvalue weighted by Gasteiger charge is 2.38. The quantitative estimate of drug-likeness (QED) is 0.822. The highest BCUT2D eigenvalue weighted by atomic mass is 16.4. The first-order chi connectivity index (χ1) is 9.02. The summed E-state index contributed by atoms with van der Waals surface area (Å²) in [5, 5.41) is 12.1. The van der Waals surface area contributed by atoms with Crippen molar-refractivity contribution in [3.63, 3.8) is 0 Å². The van der Waals surface area contributed by atoms with Gasteiger partial charge in [-0.2, -0.15) is 0 Å². The molecule has 4 nitrogen and oxygen atoms in total. The minimum absolute atomic E-state index is 0.0447. The maximum absolute atomic E-state index is 12.2. The van der Waals surface area contributed by atoms with E-state index in [-0.39, 0.29) is 17.2 Å². The normalized spacial score (nSPS) is 29.9. The van der Waals surface area contributed by atoms with Crippen molar-refractivity contribution >= 4 is 11.9 Å².